The van der Waals surface area contributed by atoms with Gasteiger partial charge in [-0.05, 0) is 62.9 Å². The fourth-order valence-corrected chi connectivity index (χ4v) is 2.55. The van der Waals surface area contributed by atoms with Gasteiger partial charge in [-0.25, -0.2) is 0 Å². The first-order valence-corrected chi connectivity index (χ1v) is 6.82. The van der Waals surface area contributed by atoms with E-state index in [1.165, 1.54) is 7.11 Å². The lowest BCUT2D eigenvalue weighted by Crippen LogP contribution is -2.13. The van der Waals surface area contributed by atoms with Crippen LogP contribution in [0.15, 0.2) is 15.0 Å². The normalized spacial score (nSPS) is 12.5. The zero-order valence-electron chi connectivity index (χ0n) is 9.54. The Morgan fingerprint density at radius 2 is 2.06 bits per heavy atom. The van der Waals surface area contributed by atoms with Crippen LogP contribution in [0, 0.1) is 0 Å². The molecule has 1 atom stereocenters. The lowest BCUT2D eigenvalue weighted by molar-refractivity contribution is 0.370. The van der Waals surface area contributed by atoms with Crippen LogP contribution in [0.25, 0.3) is 0 Å². The van der Waals surface area contributed by atoms with E-state index in [-0.39, 0.29) is 11.8 Å². The predicted octanol–water partition coefficient (Wildman–Crippen LogP) is 2.66. The van der Waals surface area contributed by atoms with Crippen LogP contribution >= 0.6 is 31.9 Å². The minimum atomic E-state index is -0.140. The first kappa shape index (κ1) is 14.8. The summed E-state index contributed by atoms with van der Waals surface area (Å²) in [6.45, 7) is 0.613. The van der Waals surface area contributed by atoms with Crippen LogP contribution < -0.4 is 16.2 Å². The summed E-state index contributed by atoms with van der Waals surface area (Å²) in [6, 6.07) is 1.60. The lowest BCUT2D eigenvalue weighted by Gasteiger charge is -2.17. The summed E-state index contributed by atoms with van der Waals surface area (Å²) in [5.74, 6) is 0.465. The molecule has 6 heteroatoms. The van der Waals surface area contributed by atoms with Crippen LogP contribution in [0.1, 0.15) is 24.4 Å². The van der Waals surface area contributed by atoms with Crippen LogP contribution in [-0.4, -0.2) is 18.8 Å². The van der Waals surface area contributed by atoms with E-state index in [0.717, 1.165) is 22.9 Å². The summed E-state index contributed by atoms with van der Waals surface area (Å²) in [5, 5.41) is 9.80. The number of aromatic hydroxyl groups is 1. The molecule has 4 nitrogen and oxygen atoms in total. The van der Waals surface area contributed by atoms with Gasteiger partial charge in [-0.2, -0.15) is 0 Å². The number of benzene rings is 1. The summed E-state index contributed by atoms with van der Waals surface area (Å²) < 4.78 is 6.40. The number of nitrogens with two attached hydrogens (primary N) is 2. The molecular weight excluding hydrogens is 352 g/mol. The molecular formula is C11H16Br2N2O2. The summed E-state index contributed by atoms with van der Waals surface area (Å²) in [4.78, 5) is 0. The summed E-state index contributed by atoms with van der Waals surface area (Å²) in [6.07, 6.45) is 1.64. The Bertz CT molecular complexity index is 400. The third-order valence-electron chi connectivity index (χ3n) is 2.51. The van der Waals surface area contributed by atoms with Gasteiger partial charge in [0.25, 0.3) is 0 Å². The smallest absolute Gasteiger partial charge is 0.173 e. The van der Waals surface area contributed by atoms with Crippen molar-refractivity contribution in [3.05, 3.63) is 20.6 Å². The van der Waals surface area contributed by atoms with E-state index in [4.69, 9.17) is 16.2 Å². The van der Waals surface area contributed by atoms with E-state index in [2.05, 4.69) is 31.9 Å². The van der Waals surface area contributed by atoms with Gasteiger partial charge < -0.3 is 21.3 Å². The Hall–Kier alpha value is -0.300. The molecule has 0 aliphatic carbocycles. The van der Waals surface area contributed by atoms with Gasteiger partial charge in [0, 0.05) is 10.5 Å². The maximum Gasteiger partial charge on any atom is 0.173 e. The Balaban J connectivity index is 3.11. The molecule has 0 unspecified atom stereocenters. The van der Waals surface area contributed by atoms with Crippen molar-refractivity contribution < 1.29 is 9.84 Å². The van der Waals surface area contributed by atoms with E-state index in [1.54, 1.807) is 6.07 Å². The fourth-order valence-electron chi connectivity index (χ4n) is 1.53. The Labute approximate surface area is 118 Å². The molecule has 0 aliphatic heterocycles. The van der Waals surface area contributed by atoms with Gasteiger partial charge in [-0.1, -0.05) is 0 Å². The monoisotopic (exact) mass is 366 g/mol. The Kier molecular flexibility index (Phi) is 5.72. The Morgan fingerprint density at radius 3 is 2.59 bits per heavy atom. The zero-order valence-corrected chi connectivity index (χ0v) is 12.7. The highest BCUT2D eigenvalue weighted by Gasteiger charge is 2.18. The lowest BCUT2D eigenvalue weighted by atomic mass is 10.0. The van der Waals surface area contributed by atoms with Gasteiger partial charge in [-0.15, -0.1) is 0 Å². The molecule has 0 heterocycles. The molecule has 1 aromatic carbocycles. The quantitative estimate of drug-likeness (QED) is 0.747. The first-order valence-electron chi connectivity index (χ1n) is 5.23. The standard InChI is InChI=1S/C11H16Br2N2O2/c1-17-8-5-6(7(15)3-2-4-14)9(12)10(13)11(8)16/h5,7,16H,2-4,14-15H2,1H3/t7-/m1/s1. The summed E-state index contributed by atoms with van der Waals surface area (Å²) >= 11 is 6.71. The molecule has 5 N–H and O–H groups in total. The average Bonchev–Trinajstić information content (AvgIpc) is 2.33. The van der Waals surface area contributed by atoms with Gasteiger partial charge in [0.05, 0.1) is 11.6 Å². The van der Waals surface area contributed by atoms with E-state index in [0.29, 0.717) is 16.8 Å². The number of hydrogen-bond donors (Lipinski definition) is 3. The number of rotatable bonds is 5. The molecule has 1 aromatic rings. The van der Waals surface area contributed by atoms with Gasteiger partial charge in [0.15, 0.2) is 11.5 Å². The molecule has 1 rings (SSSR count). The van der Waals surface area contributed by atoms with E-state index in [1.807, 2.05) is 0 Å². The van der Waals surface area contributed by atoms with Crippen molar-refractivity contribution in [1.82, 2.24) is 0 Å². The van der Waals surface area contributed by atoms with E-state index < -0.39 is 0 Å². The SMILES string of the molecule is COc1cc([C@H](N)CCCN)c(Br)c(Br)c1O. The van der Waals surface area contributed by atoms with Crippen LogP contribution in [0.5, 0.6) is 11.5 Å². The van der Waals surface area contributed by atoms with Crippen LogP contribution in [0.4, 0.5) is 0 Å². The highest BCUT2D eigenvalue weighted by Crippen LogP contribution is 2.43. The van der Waals surface area contributed by atoms with Crippen molar-refractivity contribution in [3.63, 3.8) is 0 Å². The molecule has 0 saturated carbocycles. The van der Waals surface area contributed by atoms with Gasteiger partial charge in [-0.3, -0.25) is 0 Å². The predicted molar refractivity (Wildman–Crippen MR) is 75.3 cm³/mol. The van der Waals surface area contributed by atoms with Crippen molar-refractivity contribution in [3.8, 4) is 11.5 Å². The number of phenols is 1. The molecule has 0 radical (unpaired) electrons. The minimum absolute atomic E-state index is 0.0640. The summed E-state index contributed by atoms with van der Waals surface area (Å²) in [7, 11) is 1.50. The van der Waals surface area contributed by atoms with Gasteiger partial charge >= 0.3 is 0 Å². The molecule has 17 heavy (non-hydrogen) atoms. The Morgan fingerprint density at radius 1 is 1.41 bits per heavy atom. The van der Waals surface area contributed by atoms with Crippen molar-refractivity contribution in [2.75, 3.05) is 13.7 Å². The van der Waals surface area contributed by atoms with Crippen molar-refractivity contribution in [1.29, 1.82) is 0 Å². The number of phenolic OH excluding ortho intramolecular Hbond substituents is 1. The van der Waals surface area contributed by atoms with Crippen LogP contribution in [0.3, 0.4) is 0 Å². The highest BCUT2D eigenvalue weighted by molar-refractivity contribution is 9.13. The fraction of sp³-hybridized carbons (Fsp3) is 0.455. The second kappa shape index (κ2) is 6.58. The second-order valence-corrected chi connectivity index (χ2v) is 5.27. The molecule has 0 aromatic heterocycles. The summed E-state index contributed by atoms with van der Waals surface area (Å²) in [5.41, 5.74) is 12.4. The molecule has 0 amide bonds. The number of ether oxygens (including phenoxy) is 1. The number of halogens is 2. The average molecular weight is 368 g/mol. The largest absolute Gasteiger partial charge is 0.503 e. The van der Waals surface area contributed by atoms with Crippen molar-refractivity contribution in [2.24, 2.45) is 11.5 Å². The maximum absolute atomic E-state index is 9.80. The van der Waals surface area contributed by atoms with Crippen LogP contribution in [-0.2, 0) is 0 Å². The number of methoxy groups -OCH3 is 1. The maximum atomic E-state index is 9.80. The van der Waals surface area contributed by atoms with Gasteiger partial charge in [0.2, 0.25) is 0 Å². The zero-order chi connectivity index (χ0) is 13.0. The first-order chi connectivity index (χ1) is 8.02. The highest BCUT2D eigenvalue weighted by atomic mass is 79.9. The van der Waals surface area contributed by atoms with Crippen LogP contribution in [0.2, 0.25) is 0 Å². The van der Waals surface area contributed by atoms with Crippen molar-refractivity contribution >= 4 is 31.9 Å². The third-order valence-corrected chi connectivity index (χ3v) is 4.67. The molecule has 96 valence electrons. The molecule has 0 bridgehead atoms. The second-order valence-electron chi connectivity index (χ2n) is 3.68. The van der Waals surface area contributed by atoms with E-state index in [9.17, 15) is 5.11 Å². The topological polar surface area (TPSA) is 81.5 Å². The number of hydrogen-bond acceptors (Lipinski definition) is 4. The third kappa shape index (κ3) is 3.34. The minimum Gasteiger partial charge on any atom is -0.503 e. The molecule has 0 aliphatic rings. The molecule has 0 fully saturated rings. The van der Waals surface area contributed by atoms with Crippen molar-refractivity contribution in [2.45, 2.75) is 18.9 Å². The van der Waals surface area contributed by atoms with Gasteiger partial charge in [0.1, 0.15) is 0 Å². The van der Waals surface area contributed by atoms with E-state index >= 15 is 0 Å². The molecule has 0 saturated heterocycles. The molecule has 0 spiro atoms.